The lowest BCUT2D eigenvalue weighted by Crippen LogP contribution is -2.38. The van der Waals surface area contributed by atoms with E-state index in [4.69, 9.17) is 10.8 Å². The zero-order chi connectivity index (χ0) is 9.07. The predicted octanol–water partition coefficient (Wildman–Crippen LogP) is 0.895. The minimum absolute atomic E-state index is 0.0132. The Morgan fingerprint density at radius 1 is 1.45 bits per heavy atom. The topological polar surface area (TPSA) is 46.2 Å². The van der Waals surface area contributed by atoms with Gasteiger partial charge in [-0.15, -0.1) is 0 Å². The van der Waals surface area contributed by atoms with Gasteiger partial charge in [-0.25, -0.2) is 0 Å². The first-order valence-electron chi connectivity index (χ1n) is 3.32. The van der Waals surface area contributed by atoms with Crippen LogP contribution in [0.25, 0.3) is 0 Å². The third-order valence-corrected chi connectivity index (χ3v) is 1.62. The van der Waals surface area contributed by atoms with E-state index in [-0.39, 0.29) is 13.0 Å². The molecule has 0 bridgehead atoms. The standard InChI is InChI=1S/C6H12F3NO/c1-4(6(7,8)9)5(10)2-3-11/h4-5,11H,2-3,10H2,1H3. The van der Waals surface area contributed by atoms with E-state index in [1.807, 2.05) is 0 Å². The van der Waals surface area contributed by atoms with Crippen molar-refractivity contribution in [2.75, 3.05) is 6.61 Å². The maximum Gasteiger partial charge on any atom is 0.393 e. The number of nitrogens with two attached hydrogens (primary N) is 1. The molecule has 2 unspecified atom stereocenters. The zero-order valence-corrected chi connectivity index (χ0v) is 6.23. The first-order chi connectivity index (χ1) is 4.89. The second kappa shape index (κ2) is 3.92. The van der Waals surface area contributed by atoms with Crippen LogP contribution in [-0.4, -0.2) is 23.9 Å². The van der Waals surface area contributed by atoms with E-state index >= 15 is 0 Å². The smallest absolute Gasteiger partial charge is 0.393 e. The molecular formula is C6H12F3NO. The summed E-state index contributed by atoms with van der Waals surface area (Å²) in [5, 5.41) is 8.30. The monoisotopic (exact) mass is 171 g/mol. The summed E-state index contributed by atoms with van der Waals surface area (Å²) < 4.78 is 35.6. The van der Waals surface area contributed by atoms with Crippen LogP contribution in [0.4, 0.5) is 13.2 Å². The Bertz CT molecular complexity index is 115. The molecule has 0 rings (SSSR count). The van der Waals surface area contributed by atoms with Crippen LogP contribution in [0.3, 0.4) is 0 Å². The van der Waals surface area contributed by atoms with Crippen LogP contribution in [0.15, 0.2) is 0 Å². The Balaban J connectivity index is 3.91. The molecule has 0 radical (unpaired) electrons. The van der Waals surface area contributed by atoms with Crippen molar-refractivity contribution in [1.82, 2.24) is 0 Å². The van der Waals surface area contributed by atoms with Crippen molar-refractivity contribution in [1.29, 1.82) is 0 Å². The second-order valence-electron chi connectivity index (χ2n) is 2.51. The van der Waals surface area contributed by atoms with E-state index in [1.54, 1.807) is 0 Å². The van der Waals surface area contributed by atoms with Gasteiger partial charge in [0.25, 0.3) is 0 Å². The van der Waals surface area contributed by atoms with Gasteiger partial charge in [-0.05, 0) is 6.42 Å². The highest BCUT2D eigenvalue weighted by Gasteiger charge is 2.39. The SMILES string of the molecule is CC(C(N)CCO)C(F)(F)F. The molecule has 0 fully saturated rings. The van der Waals surface area contributed by atoms with Gasteiger partial charge in [0.05, 0.1) is 5.92 Å². The number of hydrogen-bond donors (Lipinski definition) is 2. The molecule has 2 atom stereocenters. The fourth-order valence-corrected chi connectivity index (χ4v) is 0.642. The highest BCUT2D eigenvalue weighted by molar-refractivity contribution is 4.74. The number of alkyl halides is 3. The Morgan fingerprint density at radius 3 is 2.18 bits per heavy atom. The van der Waals surface area contributed by atoms with E-state index in [0.717, 1.165) is 6.92 Å². The normalized spacial score (nSPS) is 18.0. The van der Waals surface area contributed by atoms with Gasteiger partial charge in [0.2, 0.25) is 0 Å². The molecule has 0 heterocycles. The molecular weight excluding hydrogens is 159 g/mol. The zero-order valence-electron chi connectivity index (χ0n) is 6.23. The Labute approximate surface area is 63.2 Å². The summed E-state index contributed by atoms with van der Waals surface area (Å²) in [6, 6.07) is -1.00. The van der Waals surface area contributed by atoms with Gasteiger partial charge >= 0.3 is 6.18 Å². The summed E-state index contributed by atoms with van der Waals surface area (Å²) in [6.07, 6.45) is -4.27. The summed E-state index contributed by atoms with van der Waals surface area (Å²) in [5.74, 6) is -1.55. The minimum atomic E-state index is -4.26. The van der Waals surface area contributed by atoms with Gasteiger partial charge in [0, 0.05) is 12.6 Å². The summed E-state index contributed by atoms with van der Waals surface area (Å²) in [6.45, 7) is 0.710. The van der Waals surface area contributed by atoms with Crippen molar-refractivity contribution >= 4 is 0 Å². The van der Waals surface area contributed by atoms with Gasteiger partial charge in [0.15, 0.2) is 0 Å². The number of aliphatic hydroxyl groups excluding tert-OH is 1. The van der Waals surface area contributed by atoms with Crippen LogP contribution in [0.1, 0.15) is 13.3 Å². The average Bonchev–Trinajstić information content (AvgIpc) is 1.85. The molecule has 0 aliphatic heterocycles. The molecule has 0 aromatic carbocycles. The van der Waals surface area contributed by atoms with Crippen molar-refractivity contribution in [3.63, 3.8) is 0 Å². The van der Waals surface area contributed by atoms with Crippen LogP contribution in [-0.2, 0) is 0 Å². The Morgan fingerprint density at radius 2 is 1.91 bits per heavy atom. The van der Waals surface area contributed by atoms with Gasteiger partial charge in [-0.1, -0.05) is 6.92 Å². The quantitative estimate of drug-likeness (QED) is 0.662. The summed E-state index contributed by atoms with van der Waals surface area (Å²) in [4.78, 5) is 0. The number of rotatable bonds is 3. The number of halogens is 3. The van der Waals surface area contributed by atoms with Crippen LogP contribution < -0.4 is 5.73 Å². The number of hydrogen-bond acceptors (Lipinski definition) is 2. The number of aliphatic hydroxyl groups is 1. The summed E-state index contributed by atoms with van der Waals surface area (Å²) in [5.41, 5.74) is 5.13. The van der Waals surface area contributed by atoms with E-state index in [9.17, 15) is 13.2 Å². The van der Waals surface area contributed by atoms with Crippen LogP contribution in [0, 0.1) is 5.92 Å². The molecule has 3 N–H and O–H groups in total. The van der Waals surface area contributed by atoms with E-state index in [1.165, 1.54) is 0 Å². The van der Waals surface area contributed by atoms with E-state index in [2.05, 4.69) is 0 Å². The maximum absolute atomic E-state index is 11.9. The molecule has 0 aromatic rings. The van der Waals surface area contributed by atoms with Crippen LogP contribution in [0.5, 0.6) is 0 Å². The van der Waals surface area contributed by atoms with Crippen molar-refractivity contribution < 1.29 is 18.3 Å². The first-order valence-corrected chi connectivity index (χ1v) is 3.32. The van der Waals surface area contributed by atoms with Crippen molar-refractivity contribution in [3.8, 4) is 0 Å². The van der Waals surface area contributed by atoms with Crippen LogP contribution in [0.2, 0.25) is 0 Å². The van der Waals surface area contributed by atoms with E-state index < -0.39 is 18.1 Å². The molecule has 0 saturated heterocycles. The van der Waals surface area contributed by atoms with Gasteiger partial charge in [0.1, 0.15) is 0 Å². The Hall–Kier alpha value is -0.290. The van der Waals surface area contributed by atoms with Crippen molar-refractivity contribution in [2.24, 2.45) is 11.7 Å². The summed E-state index contributed by atoms with van der Waals surface area (Å²) in [7, 11) is 0. The fraction of sp³-hybridized carbons (Fsp3) is 1.00. The third-order valence-electron chi connectivity index (χ3n) is 1.62. The van der Waals surface area contributed by atoms with Gasteiger partial charge in [-0.2, -0.15) is 13.2 Å². The molecule has 0 aliphatic carbocycles. The third kappa shape index (κ3) is 3.57. The molecule has 68 valence electrons. The molecule has 11 heavy (non-hydrogen) atoms. The molecule has 5 heteroatoms. The van der Waals surface area contributed by atoms with Crippen LogP contribution >= 0.6 is 0 Å². The Kier molecular flexibility index (Phi) is 3.82. The largest absolute Gasteiger partial charge is 0.396 e. The minimum Gasteiger partial charge on any atom is -0.396 e. The molecule has 0 amide bonds. The molecule has 0 spiro atoms. The maximum atomic E-state index is 11.9. The highest BCUT2D eigenvalue weighted by Crippen LogP contribution is 2.28. The molecule has 0 aromatic heterocycles. The lowest BCUT2D eigenvalue weighted by molar-refractivity contribution is -0.175. The highest BCUT2D eigenvalue weighted by atomic mass is 19.4. The van der Waals surface area contributed by atoms with Crippen molar-refractivity contribution in [2.45, 2.75) is 25.6 Å². The fourth-order valence-electron chi connectivity index (χ4n) is 0.642. The second-order valence-corrected chi connectivity index (χ2v) is 2.51. The van der Waals surface area contributed by atoms with Gasteiger partial charge < -0.3 is 10.8 Å². The molecule has 0 saturated carbocycles. The lowest BCUT2D eigenvalue weighted by atomic mass is 10.00. The van der Waals surface area contributed by atoms with E-state index in [0.29, 0.717) is 0 Å². The average molecular weight is 171 g/mol. The molecule has 0 aliphatic rings. The molecule has 2 nitrogen and oxygen atoms in total. The van der Waals surface area contributed by atoms with Gasteiger partial charge in [-0.3, -0.25) is 0 Å². The predicted molar refractivity (Wildman–Crippen MR) is 34.9 cm³/mol. The summed E-state index contributed by atoms with van der Waals surface area (Å²) >= 11 is 0. The first kappa shape index (κ1) is 10.7. The van der Waals surface area contributed by atoms with Crippen molar-refractivity contribution in [3.05, 3.63) is 0 Å². The lowest BCUT2D eigenvalue weighted by Gasteiger charge is -2.21.